The fourth-order valence-corrected chi connectivity index (χ4v) is 4.03. The molecule has 0 bridgehead atoms. The van der Waals surface area contributed by atoms with Crippen LogP contribution in [-0.2, 0) is 11.2 Å². The Labute approximate surface area is 148 Å². The van der Waals surface area contributed by atoms with Crippen LogP contribution in [0.25, 0.3) is 0 Å². The van der Waals surface area contributed by atoms with Gasteiger partial charge in [0.1, 0.15) is 11.5 Å². The molecule has 0 spiro atoms. The molecule has 138 valence electrons. The van der Waals surface area contributed by atoms with Crippen LogP contribution >= 0.6 is 0 Å². The summed E-state index contributed by atoms with van der Waals surface area (Å²) in [6, 6.07) is 6.66. The van der Waals surface area contributed by atoms with Crippen LogP contribution in [0.4, 0.5) is 9.18 Å². The van der Waals surface area contributed by atoms with Crippen molar-refractivity contribution in [3.63, 3.8) is 0 Å². The molecule has 1 aromatic carbocycles. The topological polar surface area (TPSA) is 53.0 Å². The second-order valence-corrected chi connectivity index (χ2v) is 7.64. The van der Waals surface area contributed by atoms with Crippen molar-refractivity contribution in [2.75, 3.05) is 26.2 Å². The molecule has 2 aliphatic heterocycles. The van der Waals surface area contributed by atoms with Gasteiger partial charge < -0.3 is 14.7 Å². The van der Waals surface area contributed by atoms with Gasteiger partial charge in [-0.3, -0.25) is 4.90 Å². The number of ether oxygens (including phenoxy) is 1. The van der Waals surface area contributed by atoms with E-state index in [-0.39, 0.29) is 11.9 Å². The van der Waals surface area contributed by atoms with Crippen LogP contribution in [0, 0.1) is 11.7 Å². The predicted octanol–water partition coefficient (Wildman–Crippen LogP) is 3.20. The number of hydrogen-bond acceptors (Lipinski definition) is 3. The summed E-state index contributed by atoms with van der Waals surface area (Å²) in [7, 11) is 0. The first-order valence-corrected chi connectivity index (χ1v) is 8.98. The van der Waals surface area contributed by atoms with Gasteiger partial charge in [0.05, 0.1) is 12.6 Å². The Hall–Kier alpha value is -1.66. The molecule has 0 unspecified atom stereocenters. The van der Waals surface area contributed by atoms with Crippen LogP contribution in [0.5, 0.6) is 0 Å². The van der Waals surface area contributed by atoms with Crippen LogP contribution in [0.1, 0.15) is 32.3 Å². The van der Waals surface area contributed by atoms with Gasteiger partial charge in [-0.2, -0.15) is 0 Å². The first-order chi connectivity index (χ1) is 11.8. The number of benzene rings is 1. The normalized spacial score (nSPS) is 24.6. The van der Waals surface area contributed by atoms with Crippen LogP contribution < -0.4 is 0 Å². The molecule has 0 aromatic heterocycles. The van der Waals surface area contributed by atoms with Gasteiger partial charge in [0, 0.05) is 6.54 Å². The third kappa shape index (κ3) is 4.30. The minimum atomic E-state index is -0.918. The van der Waals surface area contributed by atoms with Crippen molar-refractivity contribution in [3.05, 3.63) is 35.6 Å². The molecule has 1 amide bonds. The number of carbonyl (C=O) groups is 1. The van der Waals surface area contributed by atoms with Crippen molar-refractivity contribution in [1.29, 1.82) is 0 Å². The molecule has 2 heterocycles. The van der Waals surface area contributed by atoms with E-state index in [0.29, 0.717) is 12.5 Å². The number of carboxylic acid groups (broad SMARTS) is 1. The van der Waals surface area contributed by atoms with Gasteiger partial charge in [-0.15, -0.1) is 0 Å². The van der Waals surface area contributed by atoms with E-state index < -0.39 is 11.8 Å². The van der Waals surface area contributed by atoms with Gasteiger partial charge in [0.15, 0.2) is 0 Å². The summed E-state index contributed by atoms with van der Waals surface area (Å²) in [5.74, 6) is 0.414. The number of amides is 1. The highest BCUT2D eigenvalue weighted by molar-refractivity contribution is 5.66. The zero-order chi connectivity index (χ0) is 18.0. The Balaban J connectivity index is 1.49. The molecule has 2 fully saturated rings. The average Bonchev–Trinajstić information content (AvgIpc) is 2.86. The summed E-state index contributed by atoms with van der Waals surface area (Å²) in [6.45, 7) is 6.71. The van der Waals surface area contributed by atoms with Crippen molar-refractivity contribution in [1.82, 2.24) is 9.80 Å². The monoisotopic (exact) mass is 350 g/mol. The first kappa shape index (κ1) is 18.1. The largest absolute Gasteiger partial charge is 0.465 e. The second-order valence-electron chi connectivity index (χ2n) is 7.64. The van der Waals surface area contributed by atoms with Crippen LogP contribution in [0.3, 0.4) is 0 Å². The third-order valence-corrected chi connectivity index (χ3v) is 5.39. The van der Waals surface area contributed by atoms with Crippen molar-refractivity contribution in [3.8, 4) is 0 Å². The smallest absolute Gasteiger partial charge is 0.409 e. The van der Waals surface area contributed by atoms with E-state index in [2.05, 4.69) is 4.90 Å². The van der Waals surface area contributed by atoms with E-state index in [9.17, 15) is 14.3 Å². The van der Waals surface area contributed by atoms with Gasteiger partial charge in [-0.05, 0) is 69.8 Å². The van der Waals surface area contributed by atoms with Gasteiger partial charge in [0.2, 0.25) is 0 Å². The highest BCUT2D eigenvalue weighted by Gasteiger charge is 2.44. The van der Waals surface area contributed by atoms with Crippen LogP contribution in [-0.4, -0.2) is 59.0 Å². The van der Waals surface area contributed by atoms with E-state index in [1.807, 2.05) is 12.1 Å². The molecule has 0 radical (unpaired) electrons. The summed E-state index contributed by atoms with van der Waals surface area (Å²) in [4.78, 5) is 15.3. The maximum atomic E-state index is 13.0. The number of halogens is 1. The van der Waals surface area contributed by atoms with E-state index in [4.69, 9.17) is 4.74 Å². The van der Waals surface area contributed by atoms with E-state index in [0.717, 1.165) is 38.9 Å². The number of rotatable bonds is 4. The fourth-order valence-electron chi connectivity index (χ4n) is 4.03. The molecule has 25 heavy (non-hydrogen) atoms. The quantitative estimate of drug-likeness (QED) is 0.906. The van der Waals surface area contributed by atoms with Crippen molar-refractivity contribution < 1.29 is 19.0 Å². The lowest BCUT2D eigenvalue weighted by Gasteiger charge is -2.36. The zero-order valence-electron chi connectivity index (χ0n) is 14.9. The minimum Gasteiger partial charge on any atom is -0.465 e. The molecule has 1 N–H and O–H groups in total. The summed E-state index contributed by atoms with van der Waals surface area (Å²) >= 11 is 0. The summed E-state index contributed by atoms with van der Waals surface area (Å²) < 4.78 is 18.7. The number of hydrogen-bond donors (Lipinski definition) is 1. The Morgan fingerprint density at radius 3 is 2.52 bits per heavy atom. The van der Waals surface area contributed by atoms with Gasteiger partial charge in [-0.25, -0.2) is 9.18 Å². The van der Waals surface area contributed by atoms with Crippen LogP contribution in [0.2, 0.25) is 0 Å². The van der Waals surface area contributed by atoms with E-state index in [1.165, 1.54) is 22.6 Å². The Morgan fingerprint density at radius 1 is 1.28 bits per heavy atom. The molecule has 0 saturated carbocycles. The summed E-state index contributed by atoms with van der Waals surface area (Å²) in [5.41, 5.74) is 0.431. The Bertz CT molecular complexity index is 597. The molecular formula is C19H27FN2O3. The lowest BCUT2D eigenvalue weighted by molar-refractivity contribution is -0.0429. The Kier molecular flexibility index (Phi) is 5.29. The molecule has 1 aromatic rings. The maximum absolute atomic E-state index is 13.0. The lowest BCUT2D eigenvalue weighted by Crippen LogP contribution is -2.51. The minimum absolute atomic E-state index is 0.110. The third-order valence-electron chi connectivity index (χ3n) is 5.39. The Morgan fingerprint density at radius 2 is 1.92 bits per heavy atom. The van der Waals surface area contributed by atoms with Gasteiger partial charge >= 0.3 is 6.09 Å². The number of nitrogens with zero attached hydrogens (tertiary/aromatic N) is 2. The molecule has 2 saturated heterocycles. The van der Waals surface area contributed by atoms with Gasteiger partial charge in [-0.1, -0.05) is 12.1 Å². The van der Waals surface area contributed by atoms with Crippen molar-refractivity contribution in [2.45, 2.75) is 44.9 Å². The molecular weight excluding hydrogens is 323 g/mol. The van der Waals surface area contributed by atoms with Gasteiger partial charge in [0.25, 0.3) is 0 Å². The highest BCUT2D eigenvalue weighted by atomic mass is 19.1. The van der Waals surface area contributed by atoms with Crippen molar-refractivity contribution in [2.24, 2.45) is 5.92 Å². The van der Waals surface area contributed by atoms with E-state index in [1.54, 1.807) is 13.8 Å². The standard InChI is InChI=1S/C19H27FN2O3/c1-19(2)22(18(23)24)17(13-25-19)12-21-9-7-15(8-10-21)11-14-3-5-16(20)6-4-14/h3-6,15,17H,7-13H2,1-2H3,(H,23,24)/t17-/m0/s1. The molecule has 2 aliphatic rings. The number of piperidine rings is 1. The summed E-state index contributed by atoms with van der Waals surface area (Å²) in [6.07, 6.45) is 2.23. The van der Waals surface area contributed by atoms with Crippen molar-refractivity contribution >= 4 is 6.09 Å². The summed E-state index contributed by atoms with van der Waals surface area (Å²) in [5, 5.41) is 9.48. The first-order valence-electron chi connectivity index (χ1n) is 8.98. The lowest BCUT2D eigenvalue weighted by atomic mass is 9.90. The SMILES string of the molecule is CC1(C)OC[C@H](CN2CCC(Cc3ccc(F)cc3)CC2)N1C(=O)O. The molecule has 3 rings (SSSR count). The van der Waals surface area contributed by atoms with Crippen LogP contribution in [0.15, 0.2) is 24.3 Å². The molecule has 6 heteroatoms. The fraction of sp³-hybridized carbons (Fsp3) is 0.632. The zero-order valence-corrected chi connectivity index (χ0v) is 14.9. The molecule has 5 nitrogen and oxygen atoms in total. The second kappa shape index (κ2) is 7.30. The molecule has 1 atom stereocenters. The maximum Gasteiger partial charge on any atom is 0.409 e. The predicted molar refractivity (Wildman–Crippen MR) is 93.0 cm³/mol. The average molecular weight is 350 g/mol. The molecule has 0 aliphatic carbocycles. The van der Waals surface area contributed by atoms with E-state index >= 15 is 0 Å². The number of likely N-dealkylation sites (tertiary alicyclic amines) is 1. The highest BCUT2D eigenvalue weighted by Crippen LogP contribution is 2.29.